The van der Waals surface area contributed by atoms with Gasteiger partial charge in [-0.05, 0) is 31.5 Å². The molecular weight excluding hydrogens is 240 g/mol. The molecule has 1 atom stereocenters. The second-order valence-electron chi connectivity index (χ2n) is 5.23. The number of benzene rings is 1. The van der Waals surface area contributed by atoms with Gasteiger partial charge < -0.3 is 15.5 Å². The first kappa shape index (κ1) is 12.4. The number of hydrogen-bond donors (Lipinski definition) is 2. The SMILES string of the molecule is CC1CN(Cc2nc3ccc(N)cc3[nH]2)CCCO1. The lowest BCUT2D eigenvalue weighted by Crippen LogP contribution is -2.30. The highest BCUT2D eigenvalue weighted by molar-refractivity contribution is 5.78. The molecule has 1 aliphatic heterocycles. The first-order chi connectivity index (χ1) is 9.20. The summed E-state index contributed by atoms with van der Waals surface area (Å²) in [5.74, 6) is 0.995. The molecule has 0 spiro atoms. The number of nitrogens with two attached hydrogens (primary N) is 1. The summed E-state index contributed by atoms with van der Waals surface area (Å²) in [6.45, 7) is 5.83. The van der Waals surface area contributed by atoms with Gasteiger partial charge in [-0.15, -0.1) is 0 Å². The van der Waals surface area contributed by atoms with Crippen LogP contribution in [0.15, 0.2) is 18.2 Å². The minimum absolute atomic E-state index is 0.294. The van der Waals surface area contributed by atoms with Crippen molar-refractivity contribution in [2.75, 3.05) is 25.4 Å². The monoisotopic (exact) mass is 260 g/mol. The van der Waals surface area contributed by atoms with E-state index >= 15 is 0 Å². The molecule has 0 saturated carbocycles. The van der Waals surface area contributed by atoms with E-state index in [0.717, 1.165) is 55.2 Å². The lowest BCUT2D eigenvalue weighted by Gasteiger charge is -2.20. The number of hydrogen-bond acceptors (Lipinski definition) is 4. The summed E-state index contributed by atoms with van der Waals surface area (Å²) in [5.41, 5.74) is 8.53. The van der Waals surface area contributed by atoms with Crippen molar-refractivity contribution in [1.29, 1.82) is 0 Å². The van der Waals surface area contributed by atoms with E-state index in [1.807, 2.05) is 18.2 Å². The van der Waals surface area contributed by atoms with Crippen LogP contribution in [0.5, 0.6) is 0 Å². The summed E-state index contributed by atoms with van der Waals surface area (Å²) in [6, 6.07) is 5.77. The van der Waals surface area contributed by atoms with E-state index in [1.54, 1.807) is 0 Å². The fourth-order valence-corrected chi connectivity index (χ4v) is 2.59. The Bertz CT molecular complexity index is 566. The predicted octanol–water partition coefficient (Wildman–Crippen LogP) is 1.76. The molecule has 1 aromatic carbocycles. The van der Waals surface area contributed by atoms with Gasteiger partial charge in [0.2, 0.25) is 0 Å². The molecule has 1 saturated heterocycles. The number of H-pyrrole nitrogens is 1. The first-order valence-electron chi connectivity index (χ1n) is 6.79. The van der Waals surface area contributed by atoms with Crippen LogP contribution in [0.25, 0.3) is 11.0 Å². The smallest absolute Gasteiger partial charge is 0.121 e. The van der Waals surface area contributed by atoms with Gasteiger partial charge in [0.15, 0.2) is 0 Å². The largest absolute Gasteiger partial charge is 0.399 e. The Morgan fingerprint density at radius 3 is 3.32 bits per heavy atom. The number of nitrogens with zero attached hydrogens (tertiary/aromatic N) is 2. The van der Waals surface area contributed by atoms with E-state index in [0.29, 0.717) is 6.10 Å². The standard InChI is InChI=1S/C14H20N4O/c1-10-8-18(5-2-6-19-10)9-14-16-12-4-3-11(15)7-13(12)17-14/h3-4,7,10H,2,5-6,8-9,15H2,1H3,(H,16,17). The van der Waals surface area contributed by atoms with Crippen molar-refractivity contribution in [3.05, 3.63) is 24.0 Å². The van der Waals surface area contributed by atoms with E-state index in [9.17, 15) is 0 Å². The fraction of sp³-hybridized carbons (Fsp3) is 0.500. The minimum Gasteiger partial charge on any atom is -0.399 e. The molecule has 19 heavy (non-hydrogen) atoms. The zero-order chi connectivity index (χ0) is 13.2. The molecule has 2 heterocycles. The number of anilines is 1. The van der Waals surface area contributed by atoms with Crippen molar-refractivity contribution in [1.82, 2.24) is 14.9 Å². The lowest BCUT2D eigenvalue weighted by molar-refractivity contribution is 0.0665. The van der Waals surface area contributed by atoms with Gasteiger partial charge in [0.05, 0.1) is 23.7 Å². The van der Waals surface area contributed by atoms with Crippen LogP contribution in [0.2, 0.25) is 0 Å². The van der Waals surface area contributed by atoms with E-state index in [1.165, 1.54) is 0 Å². The van der Waals surface area contributed by atoms with Crippen LogP contribution < -0.4 is 5.73 Å². The molecule has 3 N–H and O–H groups in total. The van der Waals surface area contributed by atoms with Crippen LogP contribution in [-0.2, 0) is 11.3 Å². The lowest BCUT2D eigenvalue weighted by atomic mass is 10.3. The molecule has 5 heteroatoms. The molecular formula is C14H20N4O. The maximum Gasteiger partial charge on any atom is 0.121 e. The second-order valence-corrected chi connectivity index (χ2v) is 5.23. The molecule has 0 amide bonds. The molecule has 0 aliphatic carbocycles. The summed E-state index contributed by atoms with van der Waals surface area (Å²) in [6.07, 6.45) is 1.37. The van der Waals surface area contributed by atoms with Crippen molar-refractivity contribution in [2.45, 2.75) is 26.0 Å². The van der Waals surface area contributed by atoms with Crippen molar-refractivity contribution < 1.29 is 4.74 Å². The van der Waals surface area contributed by atoms with Crippen molar-refractivity contribution in [2.24, 2.45) is 0 Å². The fourth-order valence-electron chi connectivity index (χ4n) is 2.59. The zero-order valence-electron chi connectivity index (χ0n) is 11.2. The third kappa shape index (κ3) is 2.88. The highest BCUT2D eigenvalue weighted by Gasteiger charge is 2.16. The van der Waals surface area contributed by atoms with Gasteiger partial charge in [0, 0.05) is 25.4 Å². The molecule has 5 nitrogen and oxygen atoms in total. The van der Waals surface area contributed by atoms with Crippen LogP contribution in [0.3, 0.4) is 0 Å². The minimum atomic E-state index is 0.294. The van der Waals surface area contributed by atoms with Crippen LogP contribution in [0, 0.1) is 0 Å². The zero-order valence-corrected chi connectivity index (χ0v) is 11.2. The van der Waals surface area contributed by atoms with Crippen LogP contribution >= 0.6 is 0 Å². The Hall–Kier alpha value is -1.59. The van der Waals surface area contributed by atoms with E-state index in [4.69, 9.17) is 10.5 Å². The molecule has 0 radical (unpaired) electrons. The average Bonchev–Trinajstić information content (AvgIpc) is 2.63. The molecule has 1 aromatic heterocycles. The molecule has 3 rings (SSSR count). The van der Waals surface area contributed by atoms with Gasteiger partial charge in [0.1, 0.15) is 5.82 Å². The molecule has 0 bridgehead atoms. The van der Waals surface area contributed by atoms with Crippen LogP contribution in [-0.4, -0.2) is 40.7 Å². The first-order valence-corrected chi connectivity index (χ1v) is 6.79. The van der Waals surface area contributed by atoms with Crippen LogP contribution in [0.1, 0.15) is 19.2 Å². The maximum atomic E-state index is 5.78. The molecule has 2 aromatic rings. The normalized spacial score (nSPS) is 21.6. The number of ether oxygens (including phenoxy) is 1. The molecule has 1 unspecified atom stereocenters. The Kier molecular flexibility index (Phi) is 3.40. The van der Waals surface area contributed by atoms with Gasteiger partial charge in [-0.1, -0.05) is 0 Å². The number of fused-ring (bicyclic) bond motifs is 1. The third-order valence-corrected chi connectivity index (χ3v) is 3.46. The number of aromatic amines is 1. The quantitative estimate of drug-likeness (QED) is 0.807. The predicted molar refractivity (Wildman–Crippen MR) is 75.8 cm³/mol. The van der Waals surface area contributed by atoms with Gasteiger partial charge in [-0.2, -0.15) is 0 Å². The Balaban J connectivity index is 1.76. The van der Waals surface area contributed by atoms with Crippen molar-refractivity contribution >= 4 is 16.7 Å². The summed E-state index contributed by atoms with van der Waals surface area (Å²) in [5, 5.41) is 0. The second kappa shape index (κ2) is 5.19. The van der Waals surface area contributed by atoms with Gasteiger partial charge >= 0.3 is 0 Å². The number of nitrogens with one attached hydrogen (secondary N) is 1. The highest BCUT2D eigenvalue weighted by Crippen LogP contribution is 2.16. The topological polar surface area (TPSA) is 67.2 Å². The molecule has 1 aliphatic rings. The van der Waals surface area contributed by atoms with Crippen LogP contribution in [0.4, 0.5) is 5.69 Å². The Morgan fingerprint density at radius 1 is 1.53 bits per heavy atom. The Labute approximate surface area is 112 Å². The van der Waals surface area contributed by atoms with E-state index < -0.39 is 0 Å². The molecule has 102 valence electrons. The Morgan fingerprint density at radius 2 is 2.42 bits per heavy atom. The number of imidazole rings is 1. The van der Waals surface area contributed by atoms with E-state index in [-0.39, 0.29) is 0 Å². The number of aromatic nitrogens is 2. The van der Waals surface area contributed by atoms with Crippen molar-refractivity contribution in [3.63, 3.8) is 0 Å². The summed E-state index contributed by atoms with van der Waals surface area (Å²) < 4.78 is 5.66. The maximum absolute atomic E-state index is 5.78. The third-order valence-electron chi connectivity index (χ3n) is 3.46. The van der Waals surface area contributed by atoms with E-state index in [2.05, 4.69) is 21.8 Å². The highest BCUT2D eigenvalue weighted by atomic mass is 16.5. The summed E-state index contributed by atoms with van der Waals surface area (Å²) in [4.78, 5) is 10.3. The number of rotatable bonds is 2. The van der Waals surface area contributed by atoms with Crippen molar-refractivity contribution in [3.8, 4) is 0 Å². The van der Waals surface area contributed by atoms with Gasteiger partial charge in [0.25, 0.3) is 0 Å². The number of nitrogen functional groups attached to an aromatic ring is 1. The summed E-state index contributed by atoms with van der Waals surface area (Å²) >= 11 is 0. The average molecular weight is 260 g/mol. The van der Waals surface area contributed by atoms with Gasteiger partial charge in [-0.25, -0.2) is 4.98 Å². The molecule has 1 fully saturated rings. The van der Waals surface area contributed by atoms with Gasteiger partial charge in [-0.3, -0.25) is 4.90 Å². The summed E-state index contributed by atoms with van der Waals surface area (Å²) in [7, 11) is 0.